The van der Waals surface area contributed by atoms with Gasteiger partial charge in [-0.25, -0.2) is 5.43 Å². The lowest BCUT2D eigenvalue weighted by Gasteiger charge is -2.10. The van der Waals surface area contributed by atoms with Gasteiger partial charge in [-0.3, -0.25) is 9.59 Å². The van der Waals surface area contributed by atoms with Crippen molar-refractivity contribution < 1.29 is 14.0 Å². The third-order valence-electron chi connectivity index (χ3n) is 3.15. The topological polar surface area (TPSA) is 83.7 Å². The number of carbonyl (C=O) groups is 2. The fourth-order valence-electron chi connectivity index (χ4n) is 2.14. The van der Waals surface area contributed by atoms with E-state index in [1.165, 1.54) is 18.4 Å². The molecule has 6 nitrogen and oxygen atoms in total. The van der Waals surface area contributed by atoms with E-state index in [0.717, 1.165) is 5.56 Å². The Morgan fingerprint density at radius 1 is 1.23 bits per heavy atom. The first kappa shape index (κ1) is 13.8. The first-order valence-corrected chi connectivity index (χ1v) is 6.69. The molecule has 0 radical (unpaired) electrons. The van der Waals surface area contributed by atoms with Crippen molar-refractivity contribution in [1.29, 1.82) is 0 Å². The van der Waals surface area contributed by atoms with Gasteiger partial charge >= 0.3 is 0 Å². The van der Waals surface area contributed by atoms with Crippen LogP contribution in [0.4, 0.5) is 0 Å². The molecule has 2 amide bonds. The molecule has 0 fully saturated rings. The third-order valence-corrected chi connectivity index (χ3v) is 3.15. The predicted octanol–water partition coefficient (Wildman–Crippen LogP) is 1.64. The number of benzene rings is 1. The summed E-state index contributed by atoms with van der Waals surface area (Å²) in [6.45, 7) is 0. The molecule has 1 aliphatic rings. The summed E-state index contributed by atoms with van der Waals surface area (Å²) >= 11 is 0. The normalized spacial score (nSPS) is 17.4. The highest BCUT2D eigenvalue weighted by Crippen LogP contribution is 2.20. The van der Waals surface area contributed by atoms with E-state index in [2.05, 4.69) is 15.8 Å². The first-order valence-electron chi connectivity index (χ1n) is 6.69. The molecule has 3 rings (SSSR count). The van der Waals surface area contributed by atoms with E-state index in [4.69, 9.17) is 4.42 Å². The summed E-state index contributed by atoms with van der Waals surface area (Å²) in [6.07, 6.45) is 4.39. The second kappa shape index (κ2) is 6.09. The number of amidine groups is 1. The second-order valence-electron chi connectivity index (χ2n) is 4.65. The van der Waals surface area contributed by atoms with Crippen LogP contribution in [0.5, 0.6) is 0 Å². The average Bonchev–Trinajstić information content (AvgIpc) is 3.16. The summed E-state index contributed by atoms with van der Waals surface area (Å²) in [6, 6.07) is 12.6. The van der Waals surface area contributed by atoms with E-state index in [0.29, 0.717) is 5.76 Å². The summed E-state index contributed by atoms with van der Waals surface area (Å²) in [7, 11) is 0. The minimum absolute atomic E-state index is 0.267. The molecule has 6 heteroatoms. The van der Waals surface area contributed by atoms with Gasteiger partial charge in [0.15, 0.2) is 0 Å². The monoisotopic (exact) mass is 295 g/mol. The Morgan fingerprint density at radius 2 is 2.05 bits per heavy atom. The predicted molar refractivity (Wildman–Crippen MR) is 80.6 cm³/mol. The van der Waals surface area contributed by atoms with Crippen LogP contribution < -0.4 is 10.7 Å². The Morgan fingerprint density at radius 3 is 2.77 bits per heavy atom. The number of hydrogen-bond acceptors (Lipinski definition) is 4. The molecule has 0 aliphatic carbocycles. The van der Waals surface area contributed by atoms with E-state index in [9.17, 15) is 9.59 Å². The molecule has 2 aromatic rings. The molecule has 0 bridgehead atoms. The quantitative estimate of drug-likeness (QED) is 0.844. The maximum absolute atomic E-state index is 11.9. The molecule has 1 aromatic heterocycles. The zero-order valence-corrected chi connectivity index (χ0v) is 11.5. The molecule has 1 atom stereocenters. The Kier molecular flexibility index (Phi) is 3.82. The number of furan rings is 1. The molecule has 1 aliphatic heterocycles. The standard InChI is InChI=1S/C16H13N3O3/c20-13(9-8-12-7-4-10-22-12)17-15-14(16(21)19-18-15)11-5-2-1-3-6-11/h1-10,14H,(H,19,21)(H,17,18,20)/b9-8-/t14-/m1/s1. The van der Waals surface area contributed by atoms with E-state index in [1.54, 1.807) is 12.1 Å². The van der Waals surface area contributed by atoms with Crippen molar-refractivity contribution in [2.45, 2.75) is 5.92 Å². The van der Waals surface area contributed by atoms with Crippen molar-refractivity contribution in [3.8, 4) is 0 Å². The van der Waals surface area contributed by atoms with Crippen molar-refractivity contribution >= 4 is 23.7 Å². The minimum atomic E-state index is -0.609. The van der Waals surface area contributed by atoms with E-state index >= 15 is 0 Å². The van der Waals surface area contributed by atoms with Gasteiger partial charge in [-0.15, -0.1) is 0 Å². The van der Waals surface area contributed by atoms with Crippen molar-refractivity contribution in [2.24, 2.45) is 5.10 Å². The number of hydrogen-bond donors (Lipinski definition) is 2. The van der Waals surface area contributed by atoms with Crippen LogP contribution in [0.25, 0.3) is 6.08 Å². The summed E-state index contributed by atoms with van der Waals surface area (Å²) < 4.78 is 5.10. The van der Waals surface area contributed by atoms with E-state index in [-0.39, 0.29) is 17.6 Å². The molecule has 110 valence electrons. The lowest BCUT2D eigenvalue weighted by Crippen LogP contribution is -2.34. The highest BCUT2D eigenvalue weighted by Gasteiger charge is 2.32. The van der Waals surface area contributed by atoms with Gasteiger partial charge in [0.2, 0.25) is 5.91 Å². The highest BCUT2D eigenvalue weighted by atomic mass is 16.3. The van der Waals surface area contributed by atoms with Crippen LogP contribution in [0.2, 0.25) is 0 Å². The zero-order chi connectivity index (χ0) is 15.4. The smallest absolute Gasteiger partial charge is 0.255 e. The van der Waals surface area contributed by atoms with Gasteiger partial charge in [0.05, 0.1) is 6.26 Å². The van der Waals surface area contributed by atoms with E-state index in [1.807, 2.05) is 30.3 Å². The van der Waals surface area contributed by atoms with Crippen LogP contribution in [-0.4, -0.2) is 17.6 Å². The zero-order valence-electron chi connectivity index (χ0n) is 11.5. The molecular weight excluding hydrogens is 282 g/mol. The first-order chi connectivity index (χ1) is 10.7. The SMILES string of the molecule is O=C(/C=C\c1ccco1)NC1=NNC(=O)[C@@H]1c1ccccc1. The molecule has 22 heavy (non-hydrogen) atoms. The molecule has 0 saturated heterocycles. The minimum Gasteiger partial charge on any atom is -0.465 e. The molecule has 0 unspecified atom stereocenters. The maximum atomic E-state index is 11.9. The second-order valence-corrected chi connectivity index (χ2v) is 4.65. The number of amides is 2. The average molecular weight is 295 g/mol. The lowest BCUT2D eigenvalue weighted by atomic mass is 9.98. The van der Waals surface area contributed by atoms with Crippen molar-refractivity contribution in [3.63, 3.8) is 0 Å². The molecule has 1 aromatic carbocycles. The van der Waals surface area contributed by atoms with Crippen molar-refractivity contribution in [2.75, 3.05) is 0 Å². The van der Waals surface area contributed by atoms with Crippen molar-refractivity contribution in [1.82, 2.24) is 10.7 Å². The Hall–Kier alpha value is -3.15. The summed E-state index contributed by atoms with van der Waals surface area (Å²) in [5.74, 6) is -0.408. The number of nitrogens with one attached hydrogen (secondary N) is 2. The van der Waals surface area contributed by atoms with E-state index < -0.39 is 5.92 Å². The molecule has 2 N–H and O–H groups in total. The summed E-state index contributed by atoms with van der Waals surface area (Å²) in [4.78, 5) is 23.8. The van der Waals surface area contributed by atoms with Gasteiger partial charge < -0.3 is 9.73 Å². The fraction of sp³-hybridized carbons (Fsp3) is 0.0625. The van der Waals surface area contributed by atoms with Crippen LogP contribution >= 0.6 is 0 Å². The van der Waals surface area contributed by atoms with Crippen LogP contribution in [0.1, 0.15) is 17.2 Å². The molecular formula is C16H13N3O3. The van der Waals surface area contributed by atoms with Gasteiger partial charge in [0.25, 0.3) is 5.91 Å². The largest absolute Gasteiger partial charge is 0.465 e. The third kappa shape index (κ3) is 2.95. The van der Waals surface area contributed by atoms with Crippen LogP contribution in [0.3, 0.4) is 0 Å². The Labute approximate surface area is 126 Å². The fourth-order valence-corrected chi connectivity index (χ4v) is 2.14. The van der Waals surface area contributed by atoms with Gasteiger partial charge in [0.1, 0.15) is 17.5 Å². The Bertz CT molecular complexity index is 733. The summed E-state index contributed by atoms with van der Waals surface area (Å²) in [5.41, 5.74) is 3.15. The number of nitrogens with zero attached hydrogens (tertiary/aromatic N) is 1. The number of rotatable bonds is 3. The van der Waals surface area contributed by atoms with Crippen LogP contribution in [-0.2, 0) is 9.59 Å². The van der Waals surface area contributed by atoms with Crippen LogP contribution in [0, 0.1) is 0 Å². The number of hydrazone groups is 1. The lowest BCUT2D eigenvalue weighted by molar-refractivity contribution is -0.120. The number of carbonyl (C=O) groups excluding carboxylic acids is 2. The molecule has 0 spiro atoms. The highest BCUT2D eigenvalue weighted by molar-refractivity contribution is 6.17. The summed E-state index contributed by atoms with van der Waals surface area (Å²) in [5, 5.41) is 6.51. The molecule has 0 saturated carbocycles. The van der Waals surface area contributed by atoms with Gasteiger partial charge in [0, 0.05) is 6.08 Å². The van der Waals surface area contributed by atoms with Crippen molar-refractivity contribution in [3.05, 3.63) is 66.1 Å². The van der Waals surface area contributed by atoms with Gasteiger partial charge in [-0.2, -0.15) is 5.10 Å². The van der Waals surface area contributed by atoms with Gasteiger partial charge in [-0.1, -0.05) is 30.3 Å². The maximum Gasteiger partial charge on any atom is 0.255 e. The Balaban J connectivity index is 1.71. The van der Waals surface area contributed by atoms with Gasteiger partial charge in [-0.05, 0) is 23.8 Å². The van der Waals surface area contributed by atoms with Crippen LogP contribution in [0.15, 0.2) is 64.3 Å². The molecule has 2 heterocycles.